The zero-order valence-electron chi connectivity index (χ0n) is 10.2. The van der Waals surface area contributed by atoms with Crippen LogP contribution in [-0.4, -0.2) is 24.6 Å². The molecule has 1 rings (SSSR count). The number of benzene rings is 1. The summed E-state index contributed by atoms with van der Waals surface area (Å²) in [5.41, 5.74) is 0.399. The molecular formula is C13H17NO2. The van der Waals surface area contributed by atoms with E-state index in [-0.39, 0.29) is 11.3 Å². The Morgan fingerprint density at radius 1 is 1.25 bits per heavy atom. The molecule has 0 amide bonds. The van der Waals surface area contributed by atoms with Gasteiger partial charge in [0.25, 0.3) is 0 Å². The summed E-state index contributed by atoms with van der Waals surface area (Å²) in [4.78, 5) is 15.9. The summed E-state index contributed by atoms with van der Waals surface area (Å²) in [5, 5.41) is 0. The number of methoxy groups -OCH3 is 1. The third-order valence-electron chi connectivity index (χ3n) is 1.94. The van der Waals surface area contributed by atoms with Gasteiger partial charge in [0.05, 0.1) is 18.9 Å². The van der Waals surface area contributed by atoms with Crippen molar-refractivity contribution in [2.75, 3.05) is 7.11 Å². The smallest absolute Gasteiger partial charge is 0.203 e. The number of carbonyl (C=O) groups excluding carboxylic acids is 1. The molecule has 1 aromatic rings. The molecule has 0 atom stereocenters. The van der Waals surface area contributed by atoms with E-state index < -0.39 is 0 Å². The monoisotopic (exact) mass is 219 g/mol. The Hall–Kier alpha value is -1.64. The highest BCUT2D eigenvalue weighted by Crippen LogP contribution is 2.12. The lowest BCUT2D eigenvalue weighted by atomic mass is 10.1. The van der Waals surface area contributed by atoms with Gasteiger partial charge in [-0.2, -0.15) is 0 Å². The van der Waals surface area contributed by atoms with E-state index in [0.29, 0.717) is 5.56 Å². The SMILES string of the molecule is COc1ccc(C(=O)C=NC(C)(C)C)cc1. The highest BCUT2D eigenvalue weighted by Gasteiger charge is 2.08. The van der Waals surface area contributed by atoms with Crippen LogP contribution in [0.15, 0.2) is 29.3 Å². The molecule has 0 bridgehead atoms. The van der Waals surface area contributed by atoms with E-state index in [1.54, 1.807) is 31.4 Å². The largest absolute Gasteiger partial charge is 0.497 e. The summed E-state index contributed by atoms with van der Waals surface area (Å²) in [5.74, 6) is 0.655. The molecule has 0 fully saturated rings. The topological polar surface area (TPSA) is 38.7 Å². The van der Waals surface area contributed by atoms with Crippen molar-refractivity contribution in [2.45, 2.75) is 26.3 Å². The van der Waals surface area contributed by atoms with Crippen molar-refractivity contribution in [2.24, 2.45) is 4.99 Å². The van der Waals surface area contributed by atoms with Crippen LogP contribution in [0.5, 0.6) is 5.75 Å². The number of Topliss-reactive ketones (excluding diaryl/α,β-unsaturated/α-hetero) is 1. The fraction of sp³-hybridized carbons (Fsp3) is 0.385. The van der Waals surface area contributed by atoms with Crippen molar-refractivity contribution in [3.05, 3.63) is 29.8 Å². The molecule has 0 radical (unpaired) electrons. The Labute approximate surface area is 96.2 Å². The van der Waals surface area contributed by atoms with Crippen molar-refractivity contribution in [1.82, 2.24) is 0 Å². The van der Waals surface area contributed by atoms with E-state index >= 15 is 0 Å². The van der Waals surface area contributed by atoms with Gasteiger partial charge < -0.3 is 4.74 Å². The molecule has 0 spiro atoms. The van der Waals surface area contributed by atoms with Gasteiger partial charge in [-0.1, -0.05) is 0 Å². The van der Waals surface area contributed by atoms with E-state index in [2.05, 4.69) is 4.99 Å². The predicted molar refractivity (Wildman–Crippen MR) is 65.6 cm³/mol. The molecule has 0 aliphatic heterocycles. The van der Waals surface area contributed by atoms with Crippen molar-refractivity contribution in [3.8, 4) is 5.75 Å². The highest BCUT2D eigenvalue weighted by molar-refractivity contribution is 6.35. The predicted octanol–water partition coefficient (Wildman–Crippen LogP) is 2.75. The molecule has 0 saturated carbocycles. The number of ether oxygens (including phenoxy) is 1. The minimum absolute atomic E-state index is 0.0856. The molecule has 3 nitrogen and oxygen atoms in total. The van der Waals surface area contributed by atoms with Gasteiger partial charge in [-0.05, 0) is 45.0 Å². The number of rotatable bonds is 3. The van der Waals surface area contributed by atoms with E-state index in [1.165, 1.54) is 6.21 Å². The van der Waals surface area contributed by atoms with Crippen LogP contribution in [0, 0.1) is 0 Å². The first kappa shape index (κ1) is 12.4. The van der Waals surface area contributed by atoms with Gasteiger partial charge in [0, 0.05) is 5.56 Å². The molecule has 0 unspecified atom stereocenters. The van der Waals surface area contributed by atoms with Gasteiger partial charge in [-0.25, -0.2) is 0 Å². The molecule has 0 N–H and O–H groups in total. The van der Waals surface area contributed by atoms with Gasteiger partial charge >= 0.3 is 0 Å². The fourth-order valence-electron chi connectivity index (χ4n) is 1.08. The molecule has 1 aromatic carbocycles. The van der Waals surface area contributed by atoms with Crippen molar-refractivity contribution < 1.29 is 9.53 Å². The molecule has 0 saturated heterocycles. The zero-order valence-corrected chi connectivity index (χ0v) is 10.2. The van der Waals surface area contributed by atoms with Crippen LogP contribution in [0.4, 0.5) is 0 Å². The summed E-state index contributed by atoms with van der Waals surface area (Å²) in [6, 6.07) is 6.99. The van der Waals surface area contributed by atoms with Crippen LogP contribution < -0.4 is 4.74 Å². The minimum Gasteiger partial charge on any atom is -0.497 e. The van der Waals surface area contributed by atoms with Crippen LogP contribution in [0.25, 0.3) is 0 Å². The molecule has 0 aliphatic rings. The van der Waals surface area contributed by atoms with Crippen LogP contribution in [0.1, 0.15) is 31.1 Å². The summed E-state index contributed by atoms with van der Waals surface area (Å²) in [6.45, 7) is 5.85. The van der Waals surface area contributed by atoms with Crippen LogP contribution in [-0.2, 0) is 0 Å². The summed E-state index contributed by atoms with van der Waals surface area (Å²) >= 11 is 0. The standard InChI is InChI=1S/C13H17NO2/c1-13(2,3)14-9-12(15)10-5-7-11(16-4)8-6-10/h5-9H,1-4H3. The molecule has 16 heavy (non-hydrogen) atoms. The van der Waals surface area contributed by atoms with E-state index in [0.717, 1.165) is 5.75 Å². The number of nitrogens with zero attached hydrogens (tertiary/aromatic N) is 1. The van der Waals surface area contributed by atoms with E-state index in [4.69, 9.17) is 4.74 Å². The van der Waals surface area contributed by atoms with Gasteiger partial charge in [0.1, 0.15) is 5.75 Å². The lowest BCUT2D eigenvalue weighted by molar-refractivity contribution is 0.107. The maximum atomic E-state index is 11.7. The Bertz CT molecular complexity index is 385. The Balaban J connectivity index is 2.77. The van der Waals surface area contributed by atoms with Crippen LogP contribution >= 0.6 is 0 Å². The van der Waals surface area contributed by atoms with Gasteiger partial charge in [0.2, 0.25) is 5.78 Å². The Kier molecular flexibility index (Phi) is 3.82. The first-order chi connectivity index (χ1) is 7.42. The number of ketones is 1. The van der Waals surface area contributed by atoms with Crippen molar-refractivity contribution >= 4 is 12.0 Å². The third kappa shape index (κ3) is 3.85. The van der Waals surface area contributed by atoms with E-state index in [9.17, 15) is 4.79 Å². The number of carbonyl (C=O) groups is 1. The van der Waals surface area contributed by atoms with Crippen molar-refractivity contribution in [1.29, 1.82) is 0 Å². The molecule has 86 valence electrons. The zero-order chi connectivity index (χ0) is 12.2. The Morgan fingerprint density at radius 2 is 1.81 bits per heavy atom. The number of hydrogen-bond donors (Lipinski definition) is 0. The molecule has 3 heteroatoms. The van der Waals surface area contributed by atoms with Gasteiger partial charge in [0.15, 0.2) is 0 Å². The lowest BCUT2D eigenvalue weighted by Gasteiger charge is -2.10. The minimum atomic E-state index is -0.220. The highest BCUT2D eigenvalue weighted by atomic mass is 16.5. The number of aliphatic imine (C=N–C) groups is 1. The van der Waals surface area contributed by atoms with Crippen molar-refractivity contribution in [3.63, 3.8) is 0 Å². The maximum Gasteiger partial charge on any atom is 0.203 e. The second kappa shape index (κ2) is 4.92. The Morgan fingerprint density at radius 3 is 2.25 bits per heavy atom. The first-order valence-corrected chi connectivity index (χ1v) is 5.16. The summed E-state index contributed by atoms with van der Waals surface area (Å²) in [7, 11) is 1.60. The molecule has 0 heterocycles. The fourth-order valence-corrected chi connectivity index (χ4v) is 1.08. The molecular weight excluding hydrogens is 202 g/mol. The van der Waals surface area contributed by atoms with Crippen LogP contribution in [0.2, 0.25) is 0 Å². The molecule has 0 aliphatic carbocycles. The average molecular weight is 219 g/mol. The third-order valence-corrected chi connectivity index (χ3v) is 1.94. The van der Waals surface area contributed by atoms with Crippen LogP contribution in [0.3, 0.4) is 0 Å². The summed E-state index contributed by atoms with van der Waals surface area (Å²) in [6.07, 6.45) is 1.38. The van der Waals surface area contributed by atoms with E-state index in [1.807, 2.05) is 20.8 Å². The number of hydrogen-bond acceptors (Lipinski definition) is 3. The van der Waals surface area contributed by atoms with Gasteiger partial charge in [-0.15, -0.1) is 0 Å². The average Bonchev–Trinajstić information content (AvgIpc) is 2.25. The molecule has 0 aromatic heterocycles. The first-order valence-electron chi connectivity index (χ1n) is 5.16. The quantitative estimate of drug-likeness (QED) is 0.579. The second-order valence-electron chi connectivity index (χ2n) is 4.52. The lowest BCUT2D eigenvalue weighted by Crippen LogP contribution is -2.12. The van der Waals surface area contributed by atoms with Gasteiger partial charge in [-0.3, -0.25) is 9.79 Å². The maximum absolute atomic E-state index is 11.7. The second-order valence-corrected chi connectivity index (χ2v) is 4.52. The summed E-state index contributed by atoms with van der Waals surface area (Å²) < 4.78 is 5.02. The normalized spacial score (nSPS) is 11.8.